The molecule has 0 bridgehead atoms. The monoisotopic (exact) mass is 1670 g/mol. The molecule has 0 amide bonds. The maximum Gasteiger partial charge on any atom is 0.127 e. The molecule has 0 aliphatic heterocycles. The lowest BCUT2D eigenvalue weighted by Gasteiger charge is -2.11. The van der Waals surface area contributed by atoms with E-state index in [2.05, 4.69) is 177 Å². The average Bonchev–Trinajstić information content (AvgIpc) is 0.816. The Labute approximate surface area is 751 Å². The number of rotatable bonds is 32. The van der Waals surface area contributed by atoms with Gasteiger partial charge in [0.2, 0.25) is 0 Å². The summed E-state index contributed by atoms with van der Waals surface area (Å²) in [5.74, 6) is 5.07. The maximum absolute atomic E-state index is 5.97. The molecule has 14 nitrogen and oxygen atoms in total. The summed E-state index contributed by atoms with van der Waals surface area (Å²) in [5.41, 5.74) is 22.8. The van der Waals surface area contributed by atoms with Crippen LogP contribution in [0.15, 0.2) is 413 Å². The molecule has 0 fully saturated rings. The van der Waals surface area contributed by atoms with E-state index < -0.39 is 0 Å². The second kappa shape index (κ2) is 46.8. The third kappa shape index (κ3) is 25.8. The highest BCUT2D eigenvalue weighted by Gasteiger charge is 2.17. The van der Waals surface area contributed by atoms with Crippen LogP contribution in [-0.4, -0.2) is 63.1 Å². The van der Waals surface area contributed by atoms with Crippen LogP contribution in [0.3, 0.4) is 0 Å². The Bertz CT molecular complexity index is 5710. The molecule has 0 atom stereocenters. The van der Waals surface area contributed by atoms with Crippen LogP contribution < -0.4 is 18.9 Å². The molecule has 0 radical (unpaired) electrons. The van der Waals surface area contributed by atoms with Gasteiger partial charge >= 0.3 is 0 Å². The second-order valence-electron chi connectivity index (χ2n) is 30.7. The summed E-state index contributed by atoms with van der Waals surface area (Å²) in [7, 11) is 0. The summed E-state index contributed by atoms with van der Waals surface area (Å²) in [6.45, 7) is 6.05. The summed E-state index contributed by atoms with van der Waals surface area (Å²) >= 11 is 0. The molecular formula is C114H102N10O4. The Balaban J connectivity index is 0.000000131. The molecule has 18 aromatic rings. The number of unbranched alkanes of at least 4 members (excludes halogenated alkanes) is 10. The van der Waals surface area contributed by atoms with E-state index in [1.54, 1.807) is 31.0 Å². The zero-order valence-electron chi connectivity index (χ0n) is 72.3. The highest BCUT2D eigenvalue weighted by Crippen LogP contribution is 2.37. The van der Waals surface area contributed by atoms with E-state index in [9.17, 15) is 0 Å². The van der Waals surface area contributed by atoms with Gasteiger partial charge in [-0.25, -0.2) is 19.9 Å². The fraction of sp³-hybridized carbons (Fsp3) is 0.140. The van der Waals surface area contributed by atoms with Gasteiger partial charge in [-0.3, -0.25) is 29.9 Å². The highest BCUT2D eigenvalue weighted by molar-refractivity contribution is 5.80. The topological polar surface area (TPSA) is 166 Å². The smallest absolute Gasteiger partial charge is 0.127 e. The standard InChI is InChI=1S/C30H32N2O.C29H31N3O.C28H20N2O.C27H19N3O/c1-2-3-4-5-6-12-21-33-27-18-16-24(17-19-27)26-22-29(25-13-8-7-9-14-25)32-30(23-26)28-15-10-11-20-31-28;1-2-3-4-5-6-11-20-33-25-16-14-23(15-17-25)24-21-28(26-12-7-9-18-30-26)32-29(22-24)27-13-8-10-19-31-27;1-3-9-22(10-4-1)27-19-23(20-28(30-27)26-13-7-8-18-29-26)21-14-16-25(17-15-21)31-24-11-5-2-6-12-24;1-2-8-22(9-3-1)31-23-14-12-20(13-15-23)21-18-26(24-10-4-6-16-28-24)30-27(19-21)25-11-5-7-17-29-25/h7-11,13-20,22-23H,2-6,12,21H2,1H3;7-10,12-19,21-22H,2-6,11,20H2,1H3;1-20H;1-19H. The van der Waals surface area contributed by atoms with E-state index in [0.717, 1.165) is 196 Å². The molecule has 632 valence electrons. The largest absolute Gasteiger partial charge is 0.494 e. The van der Waals surface area contributed by atoms with Crippen molar-refractivity contribution < 1.29 is 18.9 Å². The Morgan fingerprint density at radius 1 is 0.164 bits per heavy atom. The third-order valence-corrected chi connectivity index (χ3v) is 21.2. The van der Waals surface area contributed by atoms with Gasteiger partial charge < -0.3 is 18.9 Å². The van der Waals surface area contributed by atoms with Gasteiger partial charge in [-0.05, 0) is 251 Å². The molecular weight excluding hydrogens is 1570 g/mol. The normalized spacial score (nSPS) is 10.7. The van der Waals surface area contributed by atoms with Gasteiger partial charge in [-0.1, -0.05) is 260 Å². The first-order valence-electron chi connectivity index (χ1n) is 44.2. The minimum Gasteiger partial charge on any atom is -0.494 e. The van der Waals surface area contributed by atoms with Gasteiger partial charge in [0.25, 0.3) is 0 Å². The molecule has 0 saturated carbocycles. The molecule has 0 unspecified atom stereocenters. The van der Waals surface area contributed by atoms with Crippen molar-refractivity contribution in [3.8, 4) is 170 Å². The molecule has 128 heavy (non-hydrogen) atoms. The molecule has 0 aliphatic carbocycles. The number of benzene rings is 8. The zero-order chi connectivity index (χ0) is 87.2. The van der Waals surface area contributed by atoms with Gasteiger partial charge in [-0.15, -0.1) is 0 Å². The number of para-hydroxylation sites is 2. The van der Waals surface area contributed by atoms with Gasteiger partial charge in [0.15, 0.2) is 0 Å². The molecule has 14 heteroatoms. The lowest BCUT2D eigenvalue weighted by Crippen LogP contribution is -1.97. The van der Waals surface area contributed by atoms with Gasteiger partial charge in [0.1, 0.15) is 34.5 Å². The van der Waals surface area contributed by atoms with Crippen LogP contribution >= 0.6 is 0 Å². The van der Waals surface area contributed by atoms with Crippen LogP contribution in [0.1, 0.15) is 90.9 Å². The number of nitrogens with zero attached hydrogens (tertiary/aromatic N) is 10. The summed E-state index contributed by atoms with van der Waals surface area (Å²) < 4.78 is 23.8. The van der Waals surface area contributed by atoms with Crippen molar-refractivity contribution in [2.45, 2.75) is 90.9 Å². The predicted molar refractivity (Wildman–Crippen MR) is 520 cm³/mol. The SMILES string of the molecule is CCCCCCCCOc1ccc(-c2cc(-c3ccccc3)nc(-c3ccccn3)c2)cc1.CCCCCCCCOc1ccc(-c2cc(-c3ccccn3)nc(-c3ccccn3)c2)cc1.c1ccc(Oc2ccc(-c3cc(-c4ccccc4)nc(-c4ccccn4)c3)cc2)cc1.c1ccc(Oc2ccc(-c3cc(-c4ccccn4)nc(-c4ccccn4)c3)cc2)cc1. The molecule has 10 aromatic heterocycles. The third-order valence-electron chi connectivity index (χ3n) is 21.2. The Morgan fingerprint density at radius 2 is 0.375 bits per heavy atom. The number of ether oxygens (including phenoxy) is 4. The van der Waals surface area contributed by atoms with Crippen LogP contribution in [0.25, 0.3) is 135 Å². The fourth-order valence-corrected chi connectivity index (χ4v) is 14.5. The number of hydrogen-bond donors (Lipinski definition) is 0. The summed E-state index contributed by atoms with van der Waals surface area (Å²) in [4.78, 5) is 46.4. The first kappa shape index (κ1) is 87.4. The molecule has 0 spiro atoms. The molecule has 0 N–H and O–H groups in total. The quantitative estimate of drug-likeness (QED) is 0.0366. The number of pyridine rings is 10. The second-order valence-corrected chi connectivity index (χ2v) is 30.7. The van der Waals surface area contributed by atoms with E-state index in [1.807, 2.05) is 249 Å². The minimum absolute atomic E-state index is 0.772. The van der Waals surface area contributed by atoms with E-state index in [4.69, 9.17) is 38.9 Å². The van der Waals surface area contributed by atoms with Crippen LogP contribution in [0.2, 0.25) is 0 Å². The average molecular weight is 1680 g/mol. The summed E-state index contributed by atoms with van der Waals surface area (Å²) in [5, 5.41) is 0. The minimum atomic E-state index is 0.772. The summed E-state index contributed by atoms with van der Waals surface area (Å²) in [6.07, 6.45) is 26.0. The Kier molecular flexibility index (Phi) is 31.9. The Hall–Kier alpha value is -15.5. The van der Waals surface area contributed by atoms with E-state index in [0.29, 0.717) is 0 Å². The van der Waals surface area contributed by atoms with Crippen LogP contribution in [-0.2, 0) is 0 Å². The van der Waals surface area contributed by atoms with Gasteiger partial charge in [-0.2, -0.15) is 0 Å². The lowest BCUT2D eigenvalue weighted by atomic mass is 10.0. The summed E-state index contributed by atoms with van der Waals surface area (Å²) in [6, 6.07) is 125. The van der Waals surface area contributed by atoms with Crippen molar-refractivity contribution in [2.75, 3.05) is 13.2 Å². The number of hydrogen-bond acceptors (Lipinski definition) is 14. The molecule has 8 aromatic carbocycles. The van der Waals surface area contributed by atoms with Crippen LogP contribution in [0.5, 0.6) is 34.5 Å². The highest BCUT2D eigenvalue weighted by atomic mass is 16.5. The van der Waals surface area contributed by atoms with Crippen LogP contribution in [0.4, 0.5) is 0 Å². The lowest BCUT2D eigenvalue weighted by molar-refractivity contribution is 0.304. The van der Waals surface area contributed by atoms with E-state index in [1.165, 1.54) is 64.2 Å². The zero-order valence-corrected chi connectivity index (χ0v) is 72.3. The van der Waals surface area contributed by atoms with Crippen molar-refractivity contribution in [1.29, 1.82) is 0 Å². The van der Waals surface area contributed by atoms with Gasteiger partial charge in [0.05, 0.1) is 92.9 Å². The van der Waals surface area contributed by atoms with Crippen molar-refractivity contribution >= 4 is 0 Å². The van der Waals surface area contributed by atoms with E-state index >= 15 is 0 Å². The number of aromatic nitrogens is 10. The predicted octanol–water partition coefficient (Wildman–Crippen LogP) is 29.8. The first-order chi connectivity index (χ1) is 63.4. The first-order valence-corrected chi connectivity index (χ1v) is 44.2. The fourth-order valence-electron chi connectivity index (χ4n) is 14.5. The van der Waals surface area contributed by atoms with E-state index in [-0.39, 0.29) is 0 Å². The van der Waals surface area contributed by atoms with Crippen molar-refractivity contribution in [1.82, 2.24) is 49.8 Å². The van der Waals surface area contributed by atoms with Crippen molar-refractivity contribution in [2.24, 2.45) is 0 Å². The molecule has 10 heterocycles. The van der Waals surface area contributed by atoms with Gasteiger partial charge in [0, 0.05) is 48.3 Å². The molecule has 18 rings (SSSR count). The van der Waals surface area contributed by atoms with Crippen molar-refractivity contribution in [3.05, 3.63) is 413 Å². The molecule has 0 aliphatic rings. The van der Waals surface area contributed by atoms with Crippen molar-refractivity contribution in [3.63, 3.8) is 0 Å². The molecule has 0 saturated heterocycles. The maximum atomic E-state index is 5.97. The van der Waals surface area contributed by atoms with Crippen LogP contribution in [0, 0.1) is 0 Å². The Morgan fingerprint density at radius 3 is 0.625 bits per heavy atom.